The molecule has 2 aliphatic rings. The zero-order valence-electron chi connectivity index (χ0n) is 17.8. The predicted molar refractivity (Wildman–Crippen MR) is 124 cm³/mol. The Labute approximate surface area is 179 Å². The maximum atomic E-state index is 12.6. The van der Waals surface area contributed by atoms with Gasteiger partial charge in [-0.1, -0.05) is 25.3 Å². The van der Waals surface area contributed by atoms with E-state index in [4.69, 9.17) is 16.6 Å². The van der Waals surface area contributed by atoms with Crippen LogP contribution in [0.2, 0.25) is 0 Å². The SMILES string of the molecule is N=C/C(=C\N)c1ccc(NCC2CCN(C(=O)CC3CCCCC3)CC2)c(C=N)c1. The van der Waals surface area contributed by atoms with Crippen molar-refractivity contribution in [1.29, 1.82) is 10.8 Å². The standard InChI is InChI=1S/C24H35N5O/c25-14-21-13-20(22(15-26)16-27)6-7-23(21)28-17-19-8-10-29(11-9-19)24(30)12-18-4-2-1-3-5-18/h6-7,13-16,18-19,25-26,28H,1-5,8-12,17,27H2/b22-16+,25-14?,26-15?. The fourth-order valence-electron chi connectivity index (χ4n) is 4.66. The molecule has 1 aromatic rings. The molecule has 0 radical (unpaired) electrons. The van der Waals surface area contributed by atoms with Crippen LogP contribution in [0, 0.1) is 22.7 Å². The number of carbonyl (C=O) groups is 1. The second-order valence-electron chi connectivity index (χ2n) is 8.63. The molecule has 0 bridgehead atoms. The van der Waals surface area contributed by atoms with Gasteiger partial charge in [-0.25, -0.2) is 0 Å². The number of rotatable bonds is 8. The molecule has 5 N–H and O–H groups in total. The van der Waals surface area contributed by atoms with Gasteiger partial charge >= 0.3 is 0 Å². The number of nitrogens with zero attached hydrogens (tertiary/aromatic N) is 1. The number of amides is 1. The van der Waals surface area contributed by atoms with E-state index in [0.717, 1.165) is 55.7 Å². The van der Waals surface area contributed by atoms with E-state index in [2.05, 4.69) is 10.2 Å². The highest BCUT2D eigenvalue weighted by molar-refractivity contribution is 6.08. The van der Waals surface area contributed by atoms with Crippen LogP contribution in [0.3, 0.4) is 0 Å². The van der Waals surface area contributed by atoms with Crippen molar-refractivity contribution in [3.8, 4) is 0 Å². The molecule has 0 atom stereocenters. The Bertz CT molecular complexity index is 774. The smallest absolute Gasteiger partial charge is 0.222 e. The Morgan fingerprint density at radius 1 is 1.10 bits per heavy atom. The summed E-state index contributed by atoms with van der Waals surface area (Å²) in [4.78, 5) is 14.7. The monoisotopic (exact) mass is 409 g/mol. The van der Waals surface area contributed by atoms with Crippen molar-refractivity contribution in [3.63, 3.8) is 0 Å². The minimum atomic E-state index is 0.352. The molecule has 0 unspecified atom stereocenters. The first kappa shape index (κ1) is 22.1. The van der Waals surface area contributed by atoms with Crippen LogP contribution >= 0.6 is 0 Å². The molecule has 1 saturated carbocycles. The summed E-state index contributed by atoms with van der Waals surface area (Å²) in [5, 5.41) is 18.6. The second-order valence-corrected chi connectivity index (χ2v) is 8.63. The van der Waals surface area contributed by atoms with E-state index in [9.17, 15) is 4.79 Å². The van der Waals surface area contributed by atoms with Crippen LogP contribution in [0.1, 0.15) is 62.5 Å². The van der Waals surface area contributed by atoms with Gasteiger partial charge in [0.25, 0.3) is 0 Å². The van der Waals surface area contributed by atoms with Gasteiger partial charge in [-0.15, -0.1) is 0 Å². The van der Waals surface area contributed by atoms with Crippen molar-refractivity contribution < 1.29 is 4.79 Å². The first-order chi connectivity index (χ1) is 14.6. The first-order valence-corrected chi connectivity index (χ1v) is 11.2. The lowest BCUT2D eigenvalue weighted by molar-refractivity contribution is -0.133. The van der Waals surface area contributed by atoms with E-state index < -0.39 is 0 Å². The van der Waals surface area contributed by atoms with Gasteiger partial charge in [0.15, 0.2) is 0 Å². The molecule has 1 aliphatic heterocycles. The van der Waals surface area contributed by atoms with Gasteiger partial charge in [0, 0.05) is 61.5 Å². The van der Waals surface area contributed by atoms with E-state index in [1.807, 2.05) is 18.2 Å². The molecule has 162 valence electrons. The largest absolute Gasteiger partial charge is 0.404 e. The average Bonchev–Trinajstić information content (AvgIpc) is 2.79. The molecule has 0 aromatic heterocycles. The molecular weight excluding hydrogens is 374 g/mol. The minimum absolute atomic E-state index is 0.352. The number of allylic oxidation sites excluding steroid dienone is 1. The van der Waals surface area contributed by atoms with E-state index in [1.54, 1.807) is 0 Å². The van der Waals surface area contributed by atoms with Gasteiger partial charge < -0.3 is 26.8 Å². The molecule has 30 heavy (non-hydrogen) atoms. The summed E-state index contributed by atoms with van der Waals surface area (Å²) in [7, 11) is 0. The van der Waals surface area contributed by atoms with Gasteiger partial charge in [-0.05, 0) is 55.2 Å². The lowest BCUT2D eigenvalue weighted by Gasteiger charge is -2.33. The quantitative estimate of drug-likeness (QED) is 0.482. The summed E-state index contributed by atoms with van der Waals surface area (Å²) in [6.07, 6.45) is 13.1. The lowest BCUT2D eigenvalue weighted by atomic mass is 9.86. The number of benzene rings is 1. The number of nitrogens with one attached hydrogen (secondary N) is 3. The lowest BCUT2D eigenvalue weighted by Crippen LogP contribution is -2.40. The molecule has 1 aromatic carbocycles. The van der Waals surface area contributed by atoms with Crippen LogP contribution in [-0.2, 0) is 4.79 Å². The zero-order chi connectivity index (χ0) is 21.3. The Kier molecular flexibility index (Phi) is 8.05. The van der Waals surface area contributed by atoms with Crippen molar-refractivity contribution >= 4 is 29.6 Å². The second kappa shape index (κ2) is 11.0. The number of carbonyl (C=O) groups excluding carboxylic acids is 1. The summed E-state index contributed by atoms with van der Waals surface area (Å²) in [6, 6.07) is 5.75. The highest BCUT2D eigenvalue weighted by Crippen LogP contribution is 2.28. The molecule has 0 spiro atoms. The van der Waals surface area contributed by atoms with Gasteiger partial charge in [-0.2, -0.15) is 0 Å². The number of hydrogen-bond acceptors (Lipinski definition) is 5. The predicted octanol–water partition coefficient (Wildman–Crippen LogP) is 4.25. The maximum absolute atomic E-state index is 12.6. The van der Waals surface area contributed by atoms with Gasteiger partial charge in [0.05, 0.1) is 0 Å². The third-order valence-corrected chi connectivity index (χ3v) is 6.61. The Morgan fingerprint density at radius 3 is 2.47 bits per heavy atom. The van der Waals surface area contributed by atoms with E-state index in [0.29, 0.717) is 23.3 Å². The Balaban J connectivity index is 1.47. The number of likely N-dealkylation sites (tertiary alicyclic amines) is 1. The number of hydrogen-bond donors (Lipinski definition) is 4. The number of piperidine rings is 1. The van der Waals surface area contributed by atoms with Crippen molar-refractivity contribution in [2.24, 2.45) is 17.6 Å². The van der Waals surface area contributed by atoms with E-state index in [-0.39, 0.29) is 0 Å². The Hall–Kier alpha value is -2.63. The number of anilines is 1. The topological polar surface area (TPSA) is 106 Å². The molecular formula is C24H35N5O. The van der Waals surface area contributed by atoms with Gasteiger partial charge in [0.2, 0.25) is 5.91 Å². The van der Waals surface area contributed by atoms with Crippen LogP contribution < -0.4 is 11.1 Å². The minimum Gasteiger partial charge on any atom is -0.404 e. The van der Waals surface area contributed by atoms with E-state index in [1.165, 1.54) is 50.7 Å². The molecule has 1 aliphatic carbocycles. The molecule has 6 nitrogen and oxygen atoms in total. The molecule has 2 fully saturated rings. The van der Waals surface area contributed by atoms with Crippen molar-refractivity contribution in [2.45, 2.75) is 51.4 Å². The van der Waals surface area contributed by atoms with E-state index >= 15 is 0 Å². The third kappa shape index (κ3) is 5.71. The summed E-state index contributed by atoms with van der Waals surface area (Å²) in [5.41, 5.74) is 8.75. The Morgan fingerprint density at radius 2 is 1.83 bits per heavy atom. The molecule has 6 heteroatoms. The fourth-order valence-corrected chi connectivity index (χ4v) is 4.66. The summed E-state index contributed by atoms with van der Waals surface area (Å²) in [6.45, 7) is 2.56. The molecule has 3 rings (SSSR count). The van der Waals surface area contributed by atoms with Crippen molar-refractivity contribution in [1.82, 2.24) is 4.90 Å². The number of nitrogens with two attached hydrogens (primary N) is 1. The highest BCUT2D eigenvalue weighted by atomic mass is 16.2. The molecule has 1 amide bonds. The summed E-state index contributed by atoms with van der Waals surface area (Å²) in [5.74, 6) is 1.49. The summed E-state index contributed by atoms with van der Waals surface area (Å²) >= 11 is 0. The van der Waals surface area contributed by atoms with Crippen LogP contribution in [0.4, 0.5) is 5.69 Å². The molecule has 1 saturated heterocycles. The van der Waals surface area contributed by atoms with Crippen LogP contribution in [0.25, 0.3) is 5.57 Å². The van der Waals surface area contributed by atoms with Crippen LogP contribution in [0.5, 0.6) is 0 Å². The average molecular weight is 410 g/mol. The van der Waals surface area contributed by atoms with Crippen LogP contribution in [0.15, 0.2) is 24.4 Å². The summed E-state index contributed by atoms with van der Waals surface area (Å²) < 4.78 is 0. The highest BCUT2D eigenvalue weighted by Gasteiger charge is 2.25. The fraction of sp³-hybridized carbons (Fsp3) is 0.542. The van der Waals surface area contributed by atoms with Crippen LogP contribution in [-0.4, -0.2) is 42.9 Å². The maximum Gasteiger partial charge on any atom is 0.222 e. The zero-order valence-corrected chi connectivity index (χ0v) is 17.8. The normalized spacial score (nSPS) is 18.8. The van der Waals surface area contributed by atoms with Crippen molar-refractivity contribution in [2.75, 3.05) is 25.0 Å². The van der Waals surface area contributed by atoms with Gasteiger partial charge in [0.1, 0.15) is 0 Å². The van der Waals surface area contributed by atoms with Gasteiger partial charge in [-0.3, -0.25) is 4.79 Å². The third-order valence-electron chi connectivity index (χ3n) is 6.61. The first-order valence-electron chi connectivity index (χ1n) is 11.2. The van der Waals surface area contributed by atoms with Crippen molar-refractivity contribution in [3.05, 3.63) is 35.5 Å². The molecule has 1 heterocycles.